The first-order valence-electron chi connectivity index (χ1n) is 10.8. The summed E-state index contributed by atoms with van der Waals surface area (Å²) in [6.45, 7) is 3.16. The SMILES string of the molecule is CS(=O)(=O)N1CCN(Cc2ccc(C(=O)Nc3ccccc3Sc3ccccc3)cc2)CC1. The Bertz CT molecular complexity index is 1190. The fourth-order valence-electron chi connectivity index (χ4n) is 3.71. The second kappa shape index (κ2) is 10.5. The van der Waals surface area contributed by atoms with Crippen LogP contribution >= 0.6 is 11.8 Å². The molecule has 1 aliphatic rings. The number of carbonyl (C=O) groups excluding carboxylic acids is 1. The van der Waals surface area contributed by atoms with E-state index in [0.29, 0.717) is 31.7 Å². The number of hydrogen-bond donors (Lipinski definition) is 1. The molecule has 0 spiro atoms. The minimum Gasteiger partial charge on any atom is -0.321 e. The van der Waals surface area contributed by atoms with Gasteiger partial charge in [0.15, 0.2) is 0 Å². The molecule has 1 heterocycles. The van der Waals surface area contributed by atoms with Crippen LogP contribution in [0.15, 0.2) is 88.7 Å². The maximum Gasteiger partial charge on any atom is 0.255 e. The predicted octanol–water partition coefficient (Wildman–Crippen LogP) is 4.17. The molecule has 1 saturated heterocycles. The van der Waals surface area contributed by atoms with Gasteiger partial charge in [-0.05, 0) is 42.0 Å². The van der Waals surface area contributed by atoms with Crippen molar-refractivity contribution in [2.75, 3.05) is 37.8 Å². The fourth-order valence-corrected chi connectivity index (χ4v) is 5.46. The number of amides is 1. The van der Waals surface area contributed by atoms with Crippen molar-refractivity contribution < 1.29 is 13.2 Å². The lowest BCUT2D eigenvalue weighted by Crippen LogP contribution is -2.47. The van der Waals surface area contributed by atoms with E-state index in [1.54, 1.807) is 11.8 Å². The molecule has 1 N–H and O–H groups in total. The molecule has 6 nitrogen and oxygen atoms in total. The summed E-state index contributed by atoms with van der Waals surface area (Å²) in [7, 11) is -3.12. The number of nitrogens with zero attached hydrogens (tertiary/aromatic N) is 2. The Balaban J connectivity index is 1.36. The van der Waals surface area contributed by atoms with Crippen molar-refractivity contribution in [3.8, 4) is 0 Å². The predicted molar refractivity (Wildman–Crippen MR) is 133 cm³/mol. The molecular formula is C25H27N3O3S2. The summed E-state index contributed by atoms with van der Waals surface area (Å²) < 4.78 is 24.8. The molecule has 3 aromatic carbocycles. The lowest BCUT2D eigenvalue weighted by molar-refractivity contribution is 0.102. The molecule has 1 amide bonds. The average molecular weight is 482 g/mol. The van der Waals surface area contributed by atoms with Crippen molar-refractivity contribution in [1.82, 2.24) is 9.21 Å². The van der Waals surface area contributed by atoms with E-state index in [9.17, 15) is 13.2 Å². The molecular weight excluding hydrogens is 454 g/mol. The Kier molecular flexibility index (Phi) is 7.49. The van der Waals surface area contributed by atoms with Crippen molar-refractivity contribution in [3.05, 3.63) is 90.0 Å². The molecule has 0 aromatic heterocycles. The van der Waals surface area contributed by atoms with Crippen LogP contribution in [0.2, 0.25) is 0 Å². The molecule has 0 aliphatic carbocycles. The van der Waals surface area contributed by atoms with E-state index in [2.05, 4.69) is 10.2 Å². The number of nitrogens with one attached hydrogen (secondary N) is 1. The Morgan fingerprint density at radius 1 is 0.879 bits per heavy atom. The average Bonchev–Trinajstić information content (AvgIpc) is 2.81. The zero-order valence-corrected chi connectivity index (χ0v) is 20.1. The highest BCUT2D eigenvalue weighted by atomic mass is 32.2. The maximum atomic E-state index is 12.9. The van der Waals surface area contributed by atoms with Crippen molar-refractivity contribution in [2.45, 2.75) is 16.3 Å². The topological polar surface area (TPSA) is 69.7 Å². The normalized spacial score (nSPS) is 15.3. The number of sulfonamides is 1. The third-order valence-electron chi connectivity index (χ3n) is 5.53. The highest BCUT2D eigenvalue weighted by Crippen LogP contribution is 2.33. The van der Waals surface area contributed by atoms with Gasteiger partial charge in [0.1, 0.15) is 0 Å². The van der Waals surface area contributed by atoms with Gasteiger partial charge in [0.2, 0.25) is 10.0 Å². The van der Waals surface area contributed by atoms with Gasteiger partial charge in [0.05, 0.1) is 11.9 Å². The maximum absolute atomic E-state index is 12.9. The number of rotatable bonds is 7. The monoisotopic (exact) mass is 481 g/mol. The zero-order valence-electron chi connectivity index (χ0n) is 18.5. The van der Waals surface area contributed by atoms with Gasteiger partial charge in [-0.1, -0.05) is 54.2 Å². The first-order valence-corrected chi connectivity index (χ1v) is 13.4. The molecule has 1 fully saturated rings. The van der Waals surface area contributed by atoms with Crippen LogP contribution in [0.1, 0.15) is 15.9 Å². The van der Waals surface area contributed by atoms with Crippen molar-refractivity contribution in [2.24, 2.45) is 0 Å². The van der Waals surface area contributed by atoms with Crippen LogP contribution in [0.4, 0.5) is 5.69 Å². The smallest absolute Gasteiger partial charge is 0.255 e. The fraction of sp³-hybridized carbons (Fsp3) is 0.240. The quantitative estimate of drug-likeness (QED) is 0.549. The lowest BCUT2D eigenvalue weighted by Gasteiger charge is -2.33. The first kappa shape index (κ1) is 23.5. The Morgan fingerprint density at radius 2 is 1.52 bits per heavy atom. The molecule has 0 atom stereocenters. The molecule has 4 rings (SSSR count). The van der Waals surface area contributed by atoms with E-state index in [0.717, 1.165) is 27.6 Å². The third-order valence-corrected chi connectivity index (χ3v) is 7.92. The van der Waals surface area contributed by atoms with Crippen LogP contribution in [0.25, 0.3) is 0 Å². The highest BCUT2D eigenvalue weighted by Gasteiger charge is 2.23. The summed E-state index contributed by atoms with van der Waals surface area (Å²) in [5.41, 5.74) is 2.48. The number of para-hydroxylation sites is 1. The van der Waals surface area contributed by atoms with Gasteiger partial charge in [0, 0.05) is 48.1 Å². The second-order valence-corrected chi connectivity index (χ2v) is 11.1. The molecule has 0 bridgehead atoms. The van der Waals surface area contributed by atoms with E-state index in [4.69, 9.17) is 0 Å². The highest BCUT2D eigenvalue weighted by molar-refractivity contribution is 7.99. The lowest BCUT2D eigenvalue weighted by atomic mass is 10.1. The first-order chi connectivity index (χ1) is 15.9. The van der Waals surface area contributed by atoms with Gasteiger partial charge < -0.3 is 5.32 Å². The van der Waals surface area contributed by atoms with Gasteiger partial charge in [-0.25, -0.2) is 8.42 Å². The van der Waals surface area contributed by atoms with E-state index >= 15 is 0 Å². The van der Waals surface area contributed by atoms with Crippen LogP contribution in [-0.2, 0) is 16.6 Å². The van der Waals surface area contributed by atoms with Crippen LogP contribution in [0, 0.1) is 0 Å². The number of carbonyl (C=O) groups is 1. The van der Waals surface area contributed by atoms with Crippen LogP contribution in [-0.4, -0.2) is 56.0 Å². The summed E-state index contributed by atoms with van der Waals surface area (Å²) in [5.74, 6) is -0.149. The molecule has 172 valence electrons. The van der Waals surface area contributed by atoms with Crippen molar-refractivity contribution >= 4 is 33.4 Å². The minimum absolute atomic E-state index is 0.149. The van der Waals surface area contributed by atoms with Gasteiger partial charge in [-0.2, -0.15) is 4.31 Å². The summed E-state index contributed by atoms with van der Waals surface area (Å²) in [6, 6.07) is 25.5. The van der Waals surface area contributed by atoms with E-state index in [1.807, 2.05) is 78.9 Å². The molecule has 8 heteroatoms. The van der Waals surface area contributed by atoms with Crippen LogP contribution in [0.3, 0.4) is 0 Å². The summed E-state index contributed by atoms with van der Waals surface area (Å²) in [5, 5.41) is 3.03. The van der Waals surface area contributed by atoms with Crippen molar-refractivity contribution in [1.29, 1.82) is 0 Å². The van der Waals surface area contributed by atoms with Gasteiger partial charge in [-0.15, -0.1) is 0 Å². The standard InChI is InChI=1S/C25H27N3O3S2/c1-33(30,31)28-17-15-27(16-18-28)19-20-11-13-21(14-12-20)25(29)26-23-9-5-6-10-24(23)32-22-7-3-2-4-8-22/h2-14H,15-19H2,1H3,(H,26,29). The summed E-state index contributed by atoms with van der Waals surface area (Å²) in [4.78, 5) is 17.2. The molecule has 1 aliphatic heterocycles. The molecule has 3 aromatic rings. The molecule has 33 heavy (non-hydrogen) atoms. The van der Waals surface area contributed by atoms with E-state index in [1.165, 1.54) is 10.6 Å². The van der Waals surface area contributed by atoms with Gasteiger partial charge >= 0.3 is 0 Å². The minimum atomic E-state index is -3.12. The Hall–Kier alpha value is -2.65. The van der Waals surface area contributed by atoms with Crippen LogP contribution < -0.4 is 5.32 Å². The van der Waals surface area contributed by atoms with Gasteiger partial charge in [0.25, 0.3) is 5.91 Å². The van der Waals surface area contributed by atoms with Crippen LogP contribution in [0.5, 0.6) is 0 Å². The Labute approximate surface area is 199 Å². The largest absolute Gasteiger partial charge is 0.321 e. The van der Waals surface area contributed by atoms with Gasteiger partial charge in [-0.3, -0.25) is 9.69 Å². The van der Waals surface area contributed by atoms with E-state index < -0.39 is 10.0 Å². The summed E-state index contributed by atoms with van der Waals surface area (Å²) in [6.07, 6.45) is 1.26. The molecule has 0 saturated carbocycles. The second-order valence-electron chi connectivity index (χ2n) is 8.00. The number of piperazine rings is 1. The Morgan fingerprint density at radius 3 is 2.18 bits per heavy atom. The number of benzene rings is 3. The molecule has 0 radical (unpaired) electrons. The molecule has 0 unspecified atom stereocenters. The zero-order chi connectivity index (χ0) is 23.3. The van der Waals surface area contributed by atoms with E-state index in [-0.39, 0.29) is 5.91 Å². The summed E-state index contributed by atoms with van der Waals surface area (Å²) >= 11 is 1.61. The third kappa shape index (κ3) is 6.45. The number of hydrogen-bond acceptors (Lipinski definition) is 5. The number of anilines is 1. The van der Waals surface area contributed by atoms with Crippen molar-refractivity contribution in [3.63, 3.8) is 0 Å².